The van der Waals surface area contributed by atoms with Gasteiger partial charge < -0.3 is 15.0 Å². The molecule has 0 aromatic heterocycles. The van der Waals surface area contributed by atoms with Crippen molar-refractivity contribution in [2.45, 2.75) is 58.2 Å². The van der Waals surface area contributed by atoms with Crippen molar-refractivity contribution in [2.24, 2.45) is 11.3 Å². The summed E-state index contributed by atoms with van der Waals surface area (Å²) in [5, 5.41) is 3.75. The molecule has 0 aromatic rings. The summed E-state index contributed by atoms with van der Waals surface area (Å²) in [6, 6.07) is 0.903. The van der Waals surface area contributed by atoms with Crippen LogP contribution in [0, 0.1) is 11.3 Å². The maximum absolute atomic E-state index is 11.7. The van der Waals surface area contributed by atoms with Gasteiger partial charge in [0.25, 0.3) is 0 Å². The largest absolute Gasteiger partial charge is 0.377 e. The maximum Gasteiger partial charge on any atom is 0.222 e. The summed E-state index contributed by atoms with van der Waals surface area (Å²) < 4.78 is 5.82. The molecule has 3 aliphatic rings. The Morgan fingerprint density at radius 3 is 3.00 bits per heavy atom. The highest BCUT2D eigenvalue weighted by atomic mass is 16.5. The van der Waals surface area contributed by atoms with Gasteiger partial charge in [0.1, 0.15) is 0 Å². The van der Waals surface area contributed by atoms with E-state index < -0.39 is 0 Å². The van der Waals surface area contributed by atoms with Gasteiger partial charge in [-0.3, -0.25) is 4.79 Å². The summed E-state index contributed by atoms with van der Waals surface area (Å²) in [6.45, 7) is 9.49. The van der Waals surface area contributed by atoms with Crippen LogP contribution in [0.1, 0.15) is 40.0 Å². The molecular formula is C15H26N2O2. The van der Waals surface area contributed by atoms with E-state index in [4.69, 9.17) is 4.74 Å². The van der Waals surface area contributed by atoms with E-state index >= 15 is 0 Å². The standard InChI is InChI=1S/C15H26N2O2/c1-10(9-17-7-4-5-12(17)18)16-13-11-6-8-19-14(11)15(13,2)3/h10-11,13-14,16H,4-9H2,1-3H3. The zero-order valence-corrected chi connectivity index (χ0v) is 12.3. The lowest BCUT2D eigenvalue weighted by molar-refractivity contribution is -0.129. The van der Waals surface area contributed by atoms with Crippen molar-refractivity contribution < 1.29 is 9.53 Å². The molecule has 1 saturated carbocycles. The monoisotopic (exact) mass is 266 g/mol. The second kappa shape index (κ2) is 4.74. The number of hydrogen-bond acceptors (Lipinski definition) is 3. The Morgan fingerprint density at radius 1 is 1.53 bits per heavy atom. The number of carbonyl (C=O) groups excluding carboxylic acids is 1. The van der Waals surface area contributed by atoms with Gasteiger partial charge in [-0.25, -0.2) is 0 Å². The van der Waals surface area contributed by atoms with Crippen molar-refractivity contribution >= 4 is 5.91 Å². The fourth-order valence-electron chi connectivity index (χ4n) is 4.25. The highest BCUT2D eigenvalue weighted by Crippen LogP contribution is 2.52. The lowest BCUT2D eigenvalue weighted by Gasteiger charge is -2.55. The van der Waals surface area contributed by atoms with E-state index in [2.05, 4.69) is 26.1 Å². The summed E-state index contributed by atoms with van der Waals surface area (Å²) in [5.41, 5.74) is 0.227. The Balaban J connectivity index is 1.55. The van der Waals surface area contributed by atoms with E-state index in [-0.39, 0.29) is 5.41 Å². The Kier molecular flexibility index (Phi) is 3.34. The van der Waals surface area contributed by atoms with Gasteiger partial charge in [-0.05, 0) is 19.8 Å². The number of nitrogens with one attached hydrogen (secondary N) is 1. The highest BCUT2D eigenvalue weighted by Gasteiger charge is 2.59. The molecule has 4 heteroatoms. The average Bonchev–Trinajstić information content (AvgIpc) is 2.95. The number of fused-ring (bicyclic) bond motifs is 1. The predicted molar refractivity (Wildman–Crippen MR) is 73.8 cm³/mol. The Bertz CT molecular complexity index is 369. The quantitative estimate of drug-likeness (QED) is 0.836. The molecule has 0 radical (unpaired) electrons. The summed E-state index contributed by atoms with van der Waals surface area (Å²) in [7, 11) is 0. The topological polar surface area (TPSA) is 41.6 Å². The number of nitrogens with zero attached hydrogens (tertiary/aromatic N) is 1. The molecule has 2 heterocycles. The number of likely N-dealkylation sites (tertiary alicyclic amines) is 1. The minimum Gasteiger partial charge on any atom is -0.377 e. The van der Waals surface area contributed by atoms with Crippen LogP contribution < -0.4 is 5.32 Å². The van der Waals surface area contributed by atoms with E-state index in [1.807, 2.05) is 4.90 Å². The third kappa shape index (κ3) is 2.19. The van der Waals surface area contributed by atoms with E-state index in [9.17, 15) is 4.79 Å². The van der Waals surface area contributed by atoms with Gasteiger partial charge in [-0.1, -0.05) is 13.8 Å². The Labute approximate surface area is 115 Å². The van der Waals surface area contributed by atoms with Crippen LogP contribution >= 0.6 is 0 Å². The lowest BCUT2D eigenvalue weighted by atomic mass is 9.57. The third-order valence-electron chi connectivity index (χ3n) is 5.23. The summed E-state index contributed by atoms with van der Waals surface area (Å²) in [5.74, 6) is 0.996. The van der Waals surface area contributed by atoms with Crippen molar-refractivity contribution in [3.05, 3.63) is 0 Å². The fourth-order valence-corrected chi connectivity index (χ4v) is 4.25. The minimum absolute atomic E-state index is 0.227. The molecule has 0 bridgehead atoms. The third-order valence-corrected chi connectivity index (χ3v) is 5.23. The smallest absolute Gasteiger partial charge is 0.222 e. The zero-order chi connectivity index (χ0) is 13.6. The number of amides is 1. The molecule has 19 heavy (non-hydrogen) atoms. The number of rotatable bonds is 4. The van der Waals surface area contributed by atoms with Crippen LogP contribution in [0.5, 0.6) is 0 Å². The van der Waals surface area contributed by atoms with Crippen LogP contribution in [0.25, 0.3) is 0 Å². The number of carbonyl (C=O) groups is 1. The second-order valence-electron chi connectivity index (χ2n) is 7.05. The van der Waals surface area contributed by atoms with Crippen molar-refractivity contribution in [3.63, 3.8) is 0 Å². The molecule has 3 fully saturated rings. The Hall–Kier alpha value is -0.610. The van der Waals surface area contributed by atoms with Gasteiger partial charge >= 0.3 is 0 Å². The molecular weight excluding hydrogens is 240 g/mol. The van der Waals surface area contributed by atoms with E-state index in [1.165, 1.54) is 6.42 Å². The van der Waals surface area contributed by atoms with Crippen molar-refractivity contribution in [3.8, 4) is 0 Å². The Morgan fingerprint density at radius 2 is 2.32 bits per heavy atom. The predicted octanol–water partition coefficient (Wildman–Crippen LogP) is 1.40. The molecule has 4 atom stereocenters. The SMILES string of the molecule is CC(CN1CCCC1=O)NC1C2CCOC2C1(C)C. The fraction of sp³-hybridized carbons (Fsp3) is 0.933. The van der Waals surface area contributed by atoms with E-state index in [1.54, 1.807) is 0 Å². The van der Waals surface area contributed by atoms with Crippen LogP contribution in [0.3, 0.4) is 0 Å². The van der Waals surface area contributed by atoms with Crippen LogP contribution in [-0.2, 0) is 9.53 Å². The first-order valence-electron chi connectivity index (χ1n) is 7.65. The van der Waals surface area contributed by atoms with E-state index in [0.717, 1.165) is 32.5 Å². The molecule has 0 spiro atoms. The first-order chi connectivity index (χ1) is 9.00. The van der Waals surface area contributed by atoms with Gasteiger partial charge in [-0.2, -0.15) is 0 Å². The summed E-state index contributed by atoms with van der Waals surface area (Å²) in [6.07, 6.45) is 3.38. The summed E-state index contributed by atoms with van der Waals surface area (Å²) in [4.78, 5) is 13.7. The van der Waals surface area contributed by atoms with Gasteiger partial charge in [-0.15, -0.1) is 0 Å². The van der Waals surface area contributed by atoms with Crippen LogP contribution in [0.2, 0.25) is 0 Å². The molecule has 2 aliphatic heterocycles. The average molecular weight is 266 g/mol. The van der Waals surface area contributed by atoms with Gasteiger partial charge in [0, 0.05) is 49.5 Å². The molecule has 4 unspecified atom stereocenters. The molecule has 3 rings (SSSR count). The molecule has 2 saturated heterocycles. The molecule has 108 valence electrons. The molecule has 1 aliphatic carbocycles. The van der Waals surface area contributed by atoms with Crippen molar-refractivity contribution in [2.75, 3.05) is 19.7 Å². The molecule has 4 nitrogen and oxygen atoms in total. The highest BCUT2D eigenvalue weighted by molar-refractivity contribution is 5.78. The molecule has 0 aromatic carbocycles. The number of ether oxygens (including phenoxy) is 1. The molecule has 1 N–H and O–H groups in total. The second-order valence-corrected chi connectivity index (χ2v) is 7.05. The minimum atomic E-state index is 0.227. The summed E-state index contributed by atoms with van der Waals surface area (Å²) >= 11 is 0. The molecule has 1 amide bonds. The maximum atomic E-state index is 11.7. The first kappa shape index (κ1) is 13.4. The normalized spacial score (nSPS) is 38.2. The van der Waals surface area contributed by atoms with E-state index in [0.29, 0.717) is 30.0 Å². The van der Waals surface area contributed by atoms with Crippen LogP contribution in [0.15, 0.2) is 0 Å². The van der Waals surface area contributed by atoms with Gasteiger partial charge in [0.05, 0.1) is 6.10 Å². The van der Waals surface area contributed by atoms with Crippen molar-refractivity contribution in [1.29, 1.82) is 0 Å². The zero-order valence-electron chi connectivity index (χ0n) is 12.3. The van der Waals surface area contributed by atoms with Crippen LogP contribution in [0.4, 0.5) is 0 Å². The van der Waals surface area contributed by atoms with Gasteiger partial charge in [0.2, 0.25) is 5.91 Å². The lowest BCUT2D eigenvalue weighted by Crippen LogP contribution is -2.67. The van der Waals surface area contributed by atoms with Crippen molar-refractivity contribution in [1.82, 2.24) is 10.2 Å². The van der Waals surface area contributed by atoms with Gasteiger partial charge in [0.15, 0.2) is 0 Å². The van der Waals surface area contributed by atoms with Crippen LogP contribution in [-0.4, -0.2) is 48.7 Å². The first-order valence-corrected chi connectivity index (χ1v) is 7.65. The number of hydrogen-bond donors (Lipinski definition) is 1.